The monoisotopic (exact) mass is 242 g/mol. The summed E-state index contributed by atoms with van der Waals surface area (Å²) in [7, 11) is 0. The molecule has 3 heteroatoms. The lowest BCUT2D eigenvalue weighted by molar-refractivity contribution is -0.162. The lowest BCUT2D eigenvalue weighted by atomic mass is 9.84. The van der Waals surface area contributed by atoms with E-state index < -0.39 is 0 Å². The average molecular weight is 242 g/mol. The van der Waals surface area contributed by atoms with Crippen molar-refractivity contribution in [3.8, 4) is 0 Å². The number of rotatable bonds is 8. The Balaban J connectivity index is 1.98. The maximum absolute atomic E-state index is 10.5. The van der Waals surface area contributed by atoms with Crippen molar-refractivity contribution in [1.82, 2.24) is 0 Å². The molecule has 0 aliphatic carbocycles. The smallest absolute Gasteiger partial charge is 0.157 e. The molecule has 0 spiro atoms. The Labute approximate surface area is 105 Å². The first-order valence-electron chi connectivity index (χ1n) is 6.81. The third-order valence-electron chi connectivity index (χ3n) is 3.33. The van der Waals surface area contributed by atoms with Crippen LogP contribution >= 0.6 is 0 Å². The second-order valence-electron chi connectivity index (χ2n) is 5.66. The number of hydrogen-bond donors (Lipinski definition) is 0. The zero-order valence-corrected chi connectivity index (χ0v) is 11.2. The first-order chi connectivity index (χ1) is 8.14. The summed E-state index contributed by atoms with van der Waals surface area (Å²) < 4.78 is 11.2. The van der Waals surface area contributed by atoms with Crippen LogP contribution in [-0.4, -0.2) is 25.8 Å². The van der Waals surface area contributed by atoms with E-state index in [0.717, 1.165) is 45.2 Å². The van der Waals surface area contributed by atoms with Crippen molar-refractivity contribution in [3.63, 3.8) is 0 Å². The number of ether oxygens (including phenoxy) is 2. The normalized spacial score (nSPS) is 21.4. The fraction of sp³-hybridized carbons (Fsp3) is 0.929. The Morgan fingerprint density at radius 3 is 2.82 bits per heavy atom. The Hall–Kier alpha value is -0.410. The van der Waals surface area contributed by atoms with Crippen LogP contribution in [0.3, 0.4) is 0 Å². The third-order valence-corrected chi connectivity index (χ3v) is 3.33. The molecule has 1 fully saturated rings. The maximum atomic E-state index is 10.5. The molecule has 0 radical (unpaired) electrons. The van der Waals surface area contributed by atoms with Crippen molar-refractivity contribution in [1.29, 1.82) is 0 Å². The molecule has 0 bridgehead atoms. The summed E-state index contributed by atoms with van der Waals surface area (Å²) in [6, 6.07) is 0. The zero-order chi connectivity index (χ0) is 12.6. The molecule has 1 heterocycles. The molecular weight excluding hydrogens is 216 g/mol. The summed E-state index contributed by atoms with van der Waals surface area (Å²) >= 11 is 0. The highest BCUT2D eigenvalue weighted by atomic mass is 16.7. The summed E-state index contributed by atoms with van der Waals surface area (Å²) in [5.41, 5.74) is 0.142. The standard InChI is InChI=1S/C14H26O3/c1-14(2,9-10-15)8-4-6-12-17-13-7-3-5-11-16-13/h10,13H,3-9,11-12H2,1-2H3. The summed E-state index contributed by atoms with van der Waals surface area (Å²) in [4.78, 5) is 10.5. The van der Waals surface area contributed by atoms with Crippen LogP contribution in [0.2, 0.25) is 0 Å². The Morgan fingerprint density at radius 1 is 1.35 bits per heavy atom. The molecule has 1 saturated heterocycles. The van der Waals surface area contributed by atoms with E-state index in [1.165, 1.54) is 12.8 Å². The molecule has 1 atom stereocenters. The van der Waals surface area contributed by atoms with E-state index in [-0.39, 0.29) is 11.7 Å². The van der Waals surface area contributed by atoms with E-state index in [2.05, 4.69) is 13.8 Å². The average Bonchev–Trinajstić information content (AvgIpc) is 2.30. The molecule has 1 rings (SSSR count). The van der Waals surface area contributed by atoms with Gasteiger partial charge in [-0.2, -0.15) is 0 Å². The fourth-order valence-corrected chi connectivity index (χ4v) is 2.09. The second kappa shape index (κ2) is 7.83. The number of carbonyl (C=O) groups is 1. The molecule has 0 aromatic rings. The highest BCUT2D eigenvalue weighted by molar-refractivity contribution is 5.50. The van der Waals surface area contributed by atoms with E-state index in [1.807, 2.05) is 0 Å². The highest BCUT2D eigenvalue weighted by Crippen LogP contribution is 2.26. The molecule has 1 unspecified atom stereocenters. The molecule has 1 aliphatic rings. The van der Waals surface area contributed by atoms with Crippen molar-refractivity contribution in [3.05, 3.63) is 0 Å². The largest absolute Gasteiger partial charge is 0.353 e. The van der Waals surface area contributed by atoms with Crippen LogP contribution in [-0.2, 0) is 14.3 Å². The third kappa shape index (κ3) is 6.79. The van der Waals surface area contributed by atoms with Crippen LogP contribution in [0.15, 0.2) is 0 Å². The van der Waals surface area contributed by atoms with Crippen molar-refractivity contribution in [2.24, 2.45) is 5.41 Å². The molecule has 0 amide bonds. The van der Waals surface area contributed by atoms with Gasteiger partial charge in [-0.1, -0.05) is 20.3 Å². The molecule has 0 saturated carbocycles. The fourth-order valence-electron chi connectivity index (χ4n) is 2.09. The van der Waals surface area contributed by atoms with Crippen molar-refractivity contribution in [2.75, 3.05) is 13.2 Å². The first-order valence-corrected chi connectivity index (χ1v) is 6.81. The van der Waals surface area contributed by atoms with Crippen LogP contribution in [0.4, 0.5) is 0 Å². The van der Waals surface area contributed by atoms with Gasteiger partial charge in [-0.15, -0.1) is 0 Å². The predicted octanol–water partition coefficient (Wildman–Crippen LogP) is 3.32. The van der Waals surface area contributed by atoms with Gasteiger partial charge in [0.05, 0.1) is 0 Å². The summed E-state index contributed by atoms with van der Waals surface area (Å²) in [6.45, 7) is 5.91. The van der Waals surface area contributed by atoms with Gasteiger partial charge in [0.1, 0.15) is 6.29 Å². The minimum atomic E-state index is 0.0340. The summed E-state index contributed by atoms with van der Waals surface area (Å²) in [5, 5.41) is 0. The quantitative estimate of drug-likeness (QED) is 0.484. The van der Waals surface area contributed by atoms with Crippen molar-refractivity contribution >= 4 is 6.29 Å². The van der Waals surface area contributed by atoms with Crippen LogP contribution in [0.5, 0.6) is 0 Å². The summed E-state index contributed by atoms with van der Waals surface area (Å²) in [5.74, 6) is 0. The van der Waals surface area contributed by atoms with Crippen molar-refractivity contribution in [2.45, 2.75) is 65.1 Å². The highest BCUT2D eigenvalue weighted by Gasteiger charge is 2.17. The van der Waals surface area contributed by atoms with Gasteiger partial charge in [0.15, 0.2) is 6.29 Å². The van der Waals surface area contributed by atoms with Crippen LogP contribution in [0.1, 0.15) is 58.8 Å². The van der Waals surface area contributed by atoms with Gasteiger partial charge >= 0.3 is 0 Å². The molecule has 3 nitrogen and oxygen atoms in total. The maximum Gasteiger partial charge on any atom is 0.157 e. The Kier molecular flexibility index (Phi) is 6.75. The molecule has 0 aromatic heterocycles. The van der Waals surface area contributed by atoms with Gasteiger partial charge in [-0.25, -0.2) is 0 Å². The molecule has 100 valence electrons. The number of unbranched alkanes of at least 4 members (excludes halogenated alkanes) is 1. The van der Waals surface area contributed by atoms with Crippen LogP contribution < -0.4 is 0 Å². The summed E-state index contributed by atoms with van der Waals surface area (Å²) in [6.07, 6.45) is 8.39. The van der Waals surface area contributed by atoms with E-state index >= 15 is 0 Å². The zero-order valence-electron chi connectivity index (χ0n) is 11.2. The first kappa shape index (κ1) is 14.7. The van der Waals surface area contributed by atoms with Gasteiger partial charge < -0.3 is 14.3 Å². The van der Waals surface area contributed by atoms with Gasteiger partial charge in [-0.05, 0) is 37.5 Å². The van der Waals surface area contributed by atoms with E-state index in [4.69, 9.17) is 9.47 Å². The number of hydrogen-bond acceptors (Lipinski definition) is 3. The second-order valence-corrected chi connectivity index (χ2v) is 5.66. The van der Waals surface area contributed by atoms with E-state index in [0.29, 0.717) is 6.42 Å². The molecule has 17 heavy (non-hydrogen) atoms. The Morgan fingerprint density at radius 2 is 2.18 bits per heavy atom. The van der Waals surface area contributed by atoms with Crippen LogP contribution in [0.25, 0.3) is 0 Å². The van der Waals surface area contributed by atoms with Crippen LogP contribution in [0, 0.1) is 5.41 Å². The SMILES string of the molecule is CC(C)(CC=O)CCCCOC1CCCCO1. The molecule has 1 aliphatic heterocycles. The Bertz CT molecular complexity index is 208. The van der Waals surface area contributed by atoms with E-state index in [9.17, 15) is 4.79 Å². The minimum Gasteiger partial charge on any atom is -0.353 e. The van der Waals surface area contributed by atoms with Gasteiger partial charge in [0, 0.05) is 19.6 Å². The van der Waals surface area contributed by atoms with Gasteiger partial charge in [0.25, 0.3) is 0 Å². The molecular formula is C14H26O3. The number of carbonyl (C=O) groups excluding carboxylic acids is 1. The van der Waals surface area contributed by atoms with Gasteiger partial charge in [0.2, 0.25) is 0 Å². The van der Waals surface area contributed by atoms with Gasteiger partial charge in [-0.3, -0.25) is 0 Å². The van der Waals surface area contributed by atoms with E-state index in [1.54, 1.807) is 0 Å². The lowest BCUT2D eigenvalue weighted by Gasteiger charge is -2.24. The molecule has 0 N–H and O–H groups in total. The predicted molar refractivity (Wildman–Crippen MR) is 67.9 cm³/mol. The number of aldehydes is 1. The minimum absolute atomic E-state index is 0.0340. The topological polar surface area (TPSA) is 35.5 Å². The molecule has 0 aromatic carbocycles. The van der Waals surface area contributed by atoms with Crippen molar-refractivity contribution < 1.29 is 14.3 Å². The lowest BCUT2D eigenvalue weighted by Crippen LogP contribution is -2.22.